The third kappa shape index (κ3) is 3.32. The number of amides is 2. The van der Waals surface area contributed by atoms with E-state index in [0.29, 0.717) is 21.2 Å². The van der Waals surface area contributed by atoms with E-state index in [4.69, 9.17) is 9.47 Å². The fourth-order valence-electron chi connectivity index (χ4n) is 4.42. The summed E-state index contributed by atoms with van der Waals surface area (Å²) in [6.07, 6.45) is 0. The molecule has 3 unspecified atom stereocenters. The maximum atomic E-state index is 13.7. The molecule has 33 heavy (non-hydrogen) atoms. The fourth-order valence-corrected chi connectivity index (χ4v) is 6.93. The molecule has 0 aliphatic carbocycles. The van der Waals surface area contributed by atoms with E-state index in [1.807, 2.05) is 19.1 Å². The standard InChI is InChI=1S/C23H20N2O6S2/c1-10-4-6-12(7-5-10)25-21(27)16-15(11-8-13(30-2)17(26)14(9-11)31-3)18-20(24-23(29)33-18)32-19(16)22(25)28/h4-9,15-16,19,26H,1-3H3,(H,24,29). The van der Waals surface area contributed by atoms with Gasteiger partial charge in [-0.3, -0.25) is 14.4 Å². The molecule has 5 rings (SSSR count). The molecule has 1 fully saturated rings. The van der Waals surface area contributed by atoms with Crippen LogP contribution in [0.5, 0.6) is 17.2 Å². The van der Waals surface area contributed by atoms with Gasteiger partial charge < -0.3 is 19.6 Å². The zero-order chi connectivity index (χ0) is 23.4. The molecule has 1 aromatic heterocycles. The van der Waals surface area contributed by atoms with Gasteiger partial charge in [0.25, 0.3) is 0 Å². The number of carbonyl (C=O) groups excluding carboxylic acids is 2. The van der Waals surface area contributed by atoms with Gasteiger partial charge in [0.15, 0.2) is 11.5 Å². The molecular formula is C23H20N2O6S2. The Hall–Kier alpha value is -3.24. The monoisotopic (exact) mass is 484 g/mol. The van der Waals surface area contributed by atoms with Crippen molar-refractivity contribution in [1.82, 2.24) is 4.98 Å². The van der Waals surface area contributed by atoms with E-state index in [1.165, 1.54) is 30.9 Å². The lowest BCUT2D eigenvalue weighted by atomic mass is 9.83. The van der Waals surface area contributed by atoms with E-state index in [0.717, 1.165) is 16.9 Å². The van der Waals surface area contributed by atoms with Gasteiger partial charge in [-0.25, -0.2) is 4.90 Å². The number of phenolic OH excluding ortho intramolecular Hbond substituents is 1. The molecule has 1 saturated heterocycles. The largest absolute Gasteiger partial charge is 0.502 e. The van der Waals surface area contributed by atoms with Gasteiger partial charge in [0.1, 0.15) is 5.25 Å². The van der Waals surface area contributed by atoms with E-state index < -0.39 is 17.1 Å². The lowest BCUT2D eigenvalue weighted by Crippen LogP contribution is -2.32. The molecule has 3 aromatic rings. The van der Waals surface area contributed by atoms with Gasteiger partial charge in [-0.05, 0) is 36.8 Å². The number of hydrogen-bond acceptors (Lipinski definition) is 8. The smallest absolute Gasteiger partial charge is 0.305 e. The lowest BCUT2D eigenvalue weighted by Gasteiger charge is -2.30. The van der Waals surface area contributed by atoms with Crippen molar-refractivity contribution >= 4 is 40.6 Å². The minimum Gasteiger partial charge on any atom is -0.502 e. The molecule has 170 valence electrons. The number of aryl methyl sites for hydroxylation is 1. The molecule has 10 heteroatoms. The number of benzene rings is 2. The van der Waals surface area contributed by atoms with Crippen molar-refractivity contribution in [3.63, 3.8) is 0 Å². The van der Waals surface area contributed by atoms with Gasteiger partial charge in [0.05, 0.1) is 30.9 Å². The van der Waals surface area contributed by atoms with E-state index in [2.05, 4.69) is 4.98 Å². The van der Waals surface area contributed by atoms with Crippen molar-refractivity contribution in [3.05, 3.63) is 62.1 Å². The van der Waals surface area contributed by atoms with E-state index in [1.54, 1.807) is 24.3 Å². The number of thioether (sulfide) groups is 1. The average molecular weight is 485 g/mol. The number of aromatic nitrogens is 1. The maximum Gasteiger partial charge on any atom is 0.305 e. The van der Waals surface area contributed by atoms with Gasteiger partial charge in [-0.1, -0.05) is 40.8 Å². The summed E-state index contributed by atoms with van der Waals surface area (Å²) < 4.78 is 10.6. The third-order valence-corrected chi connectivity index (χ3v) is 8.38. The number of imide groups is 1. The Morgan fingerprint density at radius 2 is 1.64 bits per heavy atom. The lowest BCUT2D eigenvalue weighted by molar-refractivity contribution is -0.122. The number of ether oxygens (including phenoxy) is 2. The summed E-state index contributed by atoms with van der Waals surface area (Å²) in [5.74, 6) is -1.79. The van der Waals surface area contributed by atoms with Crippen LogP contribution in [0.3, 0.4) is 0 Å². The predicted molar refractivity (Wildman–Crippen MR) is 125 cm³/mol. The molecule has 0 saturated carbocycles. The molecule has 0 bridgehead atoms. The van der Waals surface area contributed by atoms with E-state index in [-0.39, 0.29) is 33.9 Å². The summed E-state index contributed by atoms with van der Waals surface area (Å²) in [6.45, 7) is 1.93. The van der Waals surface area contributed by atoms with Crippen molar-refractivity contribution in [2.45, 2.75) is 23.1 Å². The quantitative estimate of drug-likeness (QED) is 0.547. The van der Waals surface area contributed by atoms with E-state index >= 15 is 0 Å². The van der Waals surface area contributed by atoms with Crippen LogP contribution in [0.4, 0.5) is 5.69 Å². The van der Waals surface area contributed by atoms with Gasteiger partial charge in [-0.2, -0.15) is 0 Å². The van der Waals surface area contributed by atoms with Crippen LogP contribution in [0, 0.1) is 12.8 Å². The number of fused-ring (bicyclic) bond motifs is 2. The fraction of sp³-hybridized carbons (Fsp3) is 0.261. The highest BCUT2D eigenvalue weighted by atomic mass is 32.2. The molecule has 2 aliphatic rings. The van der Waals surface area contributed by atoms with Crippen LogP contribution in [0.2, 0.25) is 0 Å². The Kier molecular flexibility index (Phi) is 5.21. The first-order chi connectivity index (χ1) is 15.8. The van der Waals surface area contributed by atoms with Gasteiger partial charge in [0.2, 0.25) is 17.6 Å². The van der Waals surface area contributed by atoms with Crippen molar-refractivity contribution in [1.29, 1.82) is 0 Å². The highest BCUT2D eigenvalue weighted by Gasteiger charge is 2.56. The summed E-state index contributed by atoms with van der Waals surface area (Å²) >= 11 is 2.23. The number of aromatic amines is 1. The molecule has 2 amide bonds. The number of nitrogens with zero attached hydrogens (tertiary/aromatic N) is 1. The van der Waals surface area contributed by atoms with Crippen LogP contribution in [0.15, 0.2) is 46.2 Å². The number of rotatable bonds is 4. The summed E-state index contributed by atoms with van der Waals surface area (Å²) in [5, 5.41) is 10.2. The number of hydrogen-bond donors (Lipinski definition) is 2. The zero-order valence-corrected chi connectivity index (χ0v) is 19.6. The van der Waals surface area contributed by atoms with Gasteiger partial charge >= 0.3 is 4.87 Å². The summed E-state index contributed by atoms with van der Waals surface area (Å²) in [6, 6.07) is 10.5. The number of H-pyrrole nitrogens is 1. The molecule has 2 N–H and O–H groups in total. The predicted octanol–water partition coefficient (Wildman–Crippen LogP) is 3.26. The Bertz CT molecular complexity index is 1300. The van der Waals surface area contributed by atoms with Crippen molar-refractivity contribution in [2.24, 2.45) is 5.92 Å². The molecule has 3 atom stereocenters. The Morgan fingerprint density at radius 1 is 1.00 bits per heavy atom. The normalized spacial score (nSPS) is 21.7. The number of phenols is 1. The molecule has 2 aliphatic heterocycles. The van der Waals surface area contributed by atoms with Crippen molar-refractivity contribution in [2.75, 3.05) is 19.1 Å². The van der Waals surface area contributed by atoms with Crippen LogP contribution in [0.25, 0.3) is 0 Å². The topological polar surface area (TPSA) is 109 Å². The van der Waals surface area contributed by atoms with Gasteiger partial charge in [0, 0.05) is 10.8 Å². The van der Waals surface area contributed by atoms with Crippen LogP contribution >= 0.6 is 23.1 Å². The Morgan fingerprint density at radius 3 is 2.24 bits per heavy atom. The molecule has 0 radical (unpaired) electrons. The van der Waals surface area contributed by atoms with Crippen molar-refractivity contribution in [3.8, 4) is 17.2 Å². The first-order valence-corrected chi connectivity index (χ1v) is 11.8. The summed E-state index contributed by atoms with van der Waals surface area (Å²) in [5.41, 5.74) is 2.15. The first kappa shape index (κ1) is 21.6. The zero-order valence-electron chi connectivity index (χ0n) is 17.9. The summed E-state index contributed by atoms with van der Waals surface area (Å²) in [7, 11) is 2.84. The minimum atomic E-state index is -0.735. The summed E-state index contributed by atoms with van der Waals surface area (Å²) in [4.78, 5) is 43.8. The second kappa shape index (κ2) is 7.96. The van der Waals surface area contributed by atoms with Crippen molar-refractivity contribution < 1.29 is 24.2 Å². The minimum absolute atomic E-state index is 0.164. The molecule has 0 spiro atoms. The van der Waals surface area contributed by atoms with Crippen LogP contribution in [0.1, 0.15) is 21.9 Å². The number of thiazole rings is 1. The molecule has 8 nitrogen and oxygen atoms in total. The van der Waals surface area contributed by atoms with Gasteiger partial charge in [-0.15, -0.1) is 0 Å². The highest BCUT2D eigenvalue weighted by Crippen LogP contribution is 2.54. The first-order valence-electron chi connectivity index (χ1n) is 10.1. The van der Waals surface area contributed by atoms with Crippen LogP contribution in [-0.4, -0.2) is 41.4 Å². The Balaban J connectivity index is 1.68. The SMILES string of the molecule is COc1cc(C2c3sc(=O)[nH]c3SC3C(=O)N(c4ccc(C)cc4)C(=O)C32)cc(OC)c1O. The molecular weight excluding hydrogens is 464 g/mol. The second-order valence-corrected chi connectivity index (χ2v) is 10.0. The van der Waals surface area contributed by atoms with Crippen LogP contribution < -0.4 is 19.2 Å². The number of nitrogens with one attached hydrogen (secondary N) is 1. The second-order valence-electron chi connectivity index (χ2n) is 7.87. The average Bonchev–Trinajstić information content (AvgIpc) is 3.29. The van der Waals surface area contributed by atoms with Crippen LogP contribution in [-0.2, 0) is 9.59 Å². The number of aromatic hydroxyl groups is 1. The highest BCUT2D eigenvalue weighted by molar-refractivity contribution is 8.00. The number of anilines is 1. The number of methoxy groups -OCH3 is 2. The maximum absolute atomic E-state index is 13.7. The number of carbonyl (C=O) groups is 2. The molecule has 2 aromatic carbocycles. The third-order valence-electron chi connectivity index (χ3n) is 5.98. The van der Waals surface area contributed by atoms with E-state index in [9.17, 15) is 19.5 Å². The molecule has 3 heterocycles. The Labute approximate surface area is 197 Å².